The lowest BCUT2D eigenvalue weighted by atomic mass is 10.2. The van der Waals surface area contributed by atoms with Crippen molar-refractivity contribution in [2.24, 2.45) is 0 Å². The number of nitrogens with one attached hydrogen (secondary N) is 1. The average Bonchev–Trinajstić information content (AvgIpc) is 2.56. The molecule has 0 spiro atoms. The van der Waals surface area contributed by atoms with Crippen LogP contribution in [0.4, 0.5) is 18.9 Å². The van der Waals surface area contributed by atoms with Gasteiger partial charge in [-0.25, -0.2) is 0 Å². The molecule has 2 aromatic rings. The molecular formula is C17H16ClF3N2O3. The zero-order valence-electron chi connectivity index (χ0n) is 13.8. The van der Waals surface area contributed by atoms with Crippen LogP contribution in [0, 0.1) is 0 Å². The van der Waals surface area contributed by atoms with Gasteiger partial charge in [-0.15, -0.1) is 0 Å². The number of carbonyl (C=O) groups excluding carboxylic acids is 1. The molecule has 1 aromatic carbocycles. The van der Waals surface area contributed by atoms with E-state index < -0.39 is 29.8 Å². The Morgan fingerprint density at radius 2 is 2.04 bits per heavy atom. The fraction of sp³-hybridized carbons (Fsp3) is 0.294. The van der Waals surface area contributed by atoms with E-state index in [0.717, 1.165) is 22.8 Å². The minimum Gasteiger partial charge on any atom is -0.488 e. The molecule has 0 saturated heterocycles. The smallest absolute Gasteiger partial charge is 0.416 e. The van der Waals surface area contributed by atoms with Crippen LogP contribution in [0.1, 0.15) is 18.9 Å². The zero-order valence-corrected chi connectivity index (χ0v) is 14.5. The van der Waals surface area contributed by atoms with E-state index in [4.69, 9.17) is 16.3 Å². The number of hydrogen-bond donors (Lipinski definition) is 1. The fourth-order valence-electron chi connectivity index (χ4n) is 2.10. The molecule has 0 aliphatic heterocycles. The molecule has 1 heterocycles. The highest BCUT2D eigenvalue weighted by molar-refractivity contribution is 6.33. The van der Waals surface area contributed by atoms with E-state index in [2.05, 4.69) is 5.32 Å². The topological polar surface area (TPSA) is 60.3 Å². The van der Waals surface area contributed by atoms with E-state index >= 15 is 0 Å². The number of ether oxygens (including phenoxy) is 1. The van der Waals surface area contributed by atoms with Gasteiger partial charge in [0.25, 0.3) is 5.56 Å². The minimum absolute atomic E-state index is 0.0428. The normalized spacial score (nSPS) is 11.3. The maximum absolute atomic E-state index is 12.8. The summed E-state index contributed by atoms with van der Waals surface area (Å²) in [5.41, 5.74) is -1.63. The highest BCUT2D eigenvalue weighted by Crippen LogP contribution is 2.33. The molecule has 1 amide bonds. The molecular weight excluding hydrogens is 373 g/mol. The number of nitrogens with zero attached hydrogens (tertiary/aromatic N) is 1. The van der Waals surface area contributed by atoms with Crippen molar-refractivity contribution in [3.63, 3.8) is 0 Å². The van der Waals surface area contributed by atoms with Crippen LogP contribution in [0.25, 0.3) is 0 Å². The van der Waals surface area contributed by atoms with Gasteiger partial charge in [0.15, 0.2) is 5.75 Å². The van der Waals surface area contributed by atoms with Crippen LogP contribution in [-0.4, -0.2) is 17.1 Å². The number of halogens is 4. The number of benzene rings is 1. The Bertz CT molecular complexity index is 850. The highest BCUT2D eigenvalue weighted by atomic mass is 35.5. The van der Waals surface area contributed by atoms with Crippen LogP contribution < -0.4 is 15.6 Å². The first-order valence-electron chi connectivity index (χ1n) is 7.71. The standard InChI is InChI=1S/C17H16ClF3N2O3/c1-2-8-26-14-4-3-7-23(16(14)25)10-15(24)22-13-9-11(17(19,20)21)5-6-12(13)18/h3-7,9H,2,8,10H2,1H3,(H,22,24). The van der Waals surface area contributed by atoms with Crippen molar-refractivity contribution in [1.29, 1.82) is 0 Å². The third-order valence-electron chi connectivity index (χ3n) is 3.33. The molecule has 0 bridgehead atoms. The molecule has 1 N–H and O–H groups in total. The van der Waals surface area contributed by atoms with E-state index in [1.54, 1.807) is 0 Å². The van der Waals surface area contributed by atoms with Gasteiger partial charge in [-0.1, -0.05) is 18.5 Å². The molecule has 2 rings (SSSR count). The van der Waals surface area contributed by atoms with Gasteiger partial charge in [-0.3, -0.25) is 9.59 Å². The maximum atomic E-state index is 12.8. The summed E-state index contributed by atoms with van der Waals surface area (Å²) in [6, 6.07) is 5.62. The summed E-state index contributed by atoms with van der Waals surface area (Å²) in [4.78, 5) is 24.3. The van der Waals surface area contributed by atoms with E-state index in [9.17, 15) is 22.8 Å². The van der Waals surface area contributed by atoms with Crippen LogP contribution in [0.3, 0.4) is 0 Å². The van der Waals surface area contributed by atoms with Crippen molar-refractivity contribution in [2.75, 3.05) is 11.9 Å². The Labute approximate surface area is 152 Å². The second-order valence-electron chi connectivity index (χ2n) is 5.39. The average molecular weight is 389 g/mol. The molecule has 26 heavy (non-hydrogen) atoms. The number of carbonyl (C=O) groups is 1. The van der Waals surface area contributed by atoms with Gasteiger partial charge in [0.2, 0.25) is 5.91 Å². The van der Waals surface area contributed by atoms with Gasteiger partial charge in [-0.05, 0) is 36.8 Å². The van der Waals surface area contributed by atoms with Crippen molar-refractivity contribution in [3.8, 4) is 5.75 Å². The number of hydrogen-bond acceptors (Lipinski definition) is 3. The molecule has 0 radical (unpaired) electrons. The predicted octanol–water partition coefficient (Wildman–Crippen LogP) is 3.95. The third-order valence-corrected chi connectivity index (χ3v) is 3.66. The lowest BCUT2D eigenvalue weighted by molar-refractivity contribution is -0.137. The first-order valence-corrected chi connectivity index (χ1v) is 8.09. The van der Waals surface area contributed by atoms with E-state index in [0.29, 0.717) is 13.0 Å². The molecule has 1 aromatic heterocycles. The molecule has 0 aliphatic rings. The Kier molecular flexibility index (Phi) is 6.31. The monoisotopic (exact) mass is 388 g/mol. The number of pyridine rings is 1. The molecule has 5 nitrogen and oxygen atoms in total. The van der Waals surface area contributed by atoms with Gasteiger partial charge >= 0.3 is 6.18 Å². The third kappa shape index (κ3) is 5.01. The fourth-order valence-corrected chi connectivity index (χ4v) is 2.27. The summed E-state index contributed by atoms with van der Waals surface area (Å²) in [6.45, 7) is 1.84. The Morgan fingerprint density at radius 1 is 1.31 bits per heavy atom. The summed E-state index contributed by atoms with van der Waals surface area (Å²) >= 11 is 5.84. The summed E-state index contributed by atoms with van der Waals surface area (Å²) in [7, 11) is 0. The largest absolute Gasteiger partial charge is 0.488 e. The van der Waals surface area contributed by atoms with Crippen LogP contribution >= 0.6 is 11.6 Å². The summed E-state index contributed by atoms with van der Waals surface area (Å²) < 4.78 is 44.7. The summed E-state index contributed by atoms with van der Waals surface area (Å²) in [6.07, 6.45) is -2.47. The number of alkyl halides is 3. The first-order chi connectivity index (χ1) is 12.2. The molecule has 0 unspecified atom stereocenters. The van der Waals surface area contributed by atoms with Crippen molar-refractivity contribution < 1.29 is 22.7 Å². The lowest BCUT2D eigenvalue weighted by Crippen LogP contribution is -2.28. The van der Waals surface area contributed by atoms with Crippen molar-refractivity contribution in [3.05, 3.63) is 57.5 Å². The first kappa shape index (κ1) is 19.8. The Hall–Kier alpha value is -2.48. The van der Waals surface area contributed by atoms with Gasteiger partial charge in [0, 0.05) is 6.20 Å². The van der Waals surface area contributed by atoms with E-state index in [-0.39, 0.29) is 16.5 Å². The van der Waals surface area contributed by atoms with Crippen LogP contribution in [0.5, 0.6) is 5.75 Å². The quantitative estimate of drug-likeness (QED) is 0.815. The Balaban J connectivity index is 2.16. The molecule has 0 fully saturated rings. The van der Waals surface area contributed by atoms with Gasteiger partial charge in [0.05, 0.1) is 22.9 Å². The molecule has 9 heteroatoms. The number of amides is 1. The Morgan fingerprint density at radius 3 is 2.69 bits per heavy atom. The summed E-state index contributed by atoms with van der Waals surface area (Å²) in [5, 5.41) is 2.25. The van der Waals surface area contributed by atoms with E-state index in [1.807, 2.05) is 6.92 Å². The second kappa shape index (κ2) is 8.27. The van der Waals surface area contributed by atoms with Crippen LogP contribution in [0.2, 0.25) is 5.02 Å². The highest BCUT2D eigenvalue weighted by Gasteiger charge is 2.31. The van der Waals surface area contributed by atoms with E-state index in [1.165, 1.54) is 18.3 Å². The maximum Gasteiger partial charge on any atom is 0.416 e. The van der Waals surface area contributed by atoms with Gasteiger partial charge < -0.3 is 14.6 Å². The number of anilines is 1. The number of rotatable bonds is 6. The summed E-state index contributed by atoms with van der Waals surface area (Å²) in [5.74, 6) is -0.597. The minimum atomic E-state index is -4.56. The molecule has 0 aliphatic carbocycles. The van der Waals surface area contributed by atoms with Crippen LogP contribution in [0.15, 0.2) is 41.3 Å². The number of aromatic nitrogens is 1. The zero-order chi connectivity index (χ0) is 19.3. The lowest BCUT2D eigenvalue weighted by Gasteiger charge is -2.13. The molecule has 0 saturated carbocycles. The second-order valence-corrected chi connectivity index (χ2v) is 5.80. The van der Waals surface area contributed by atoms with Crippen molar-refractivity contribution >= 4 is 23.2 Å². The van der Waals surface area contributed by atoms with Crippen molar-refractivity contribution in [2.45, 2.75) is 26.1 Å². The SMILES string of the molecule is CCCOc1cccn(CC(=O)Nc2cc(C(F)(F)F)ccc2Cl)c1=O. The van der Waals surface area contributed by atoms with Crippen LogP contribution in [-0.2, 0) is 17.5 Å². The molecule has 140 valence electrons. The molecule has 0 atom stereocenters. The van der Waals surface area contributed by atoms with Gasteiger partial charge in [-0.2, -0.15) is 13.2 Å². The predicted molar refractivity (Wildman–Crippen MR) is 91.6 cm³/mol. The van der Waals surface area contributed by atoms with Gasteiger partial charge in [0.1, 0.15) is 6.54 Å². The van der Waals surface area contributed by atoms with Crippen molar-refractivity contribution in [1.82, 2.24) is 4.57 Å².